The number of nitrogens with one attached hydrogen (secondary N) is 2. The molecule has 24 heavy (non-hydrogen) atoms. The van der Waals surface area contributed by atoms with Crippen LogP contribution in [0.1, 0.15) is 28.2 Å². The van der Waals surface area contributed by atoms with E-state index in [1.165, 1.54) is 0 Å². The van der Waals surface area contributed by atoms with Crippen molar-refractivity contribution in [1.82, 2.24) is 20.6 Å². The number of carbonyl (C=O) groups excluding carboxylic acids is 1. The van der Waals surface area contributed by atoms with E-state index in [1.54, 1.807) is 12.1 Å². The molecule has 3 rings (SSSR count). The number of rotatable bonds is 4. The smallest absolute Gasteiger partial charge is 0.251 e. The van der Waals surface area contributed by atoms with Gasteiger partial charge in [-0.1, -0.05) is 12.1 Å². The predicted octanol–water partition coefficient (Wildman–Crippen LogP) is 1.21. The van der Waals surface area contributed by atoms with Crippen LogP contribution in [-0.4, -0.2) is 46.2 Å². The molecule has 1 aromatic carbocycles. The zero-order valence-electron chi connectivity index (χ0n) is 14.0. The van der Waals surface area contributed by atoms with Crippen LogP contribution in [0, 0.1) is 13.8 Å². The maximum atomic E-state index is 12.2. The van der Waals surface area contributed by atoms with Crippen molar-refractivity contribution in [3.05, 3.63) is 47.3 Å². The molecule has 2 aromatic rings. The second kappa shape index (κ2) is 6.67. The van der Waals surface area contributed by atoms with Gasteiger partial charge in [-0.3, -0.25) is 4.79 Å². The van der Waals surface area contributed by atoms with Gasteiger partial charge in [0, 0.05) is 35.6 Å². The summed E-state index contributed by atoms with van der Waals surface area (Å²) < 4.78 is 0. The second-order valence-corrected chi connectivity index (χ2v) is 6.39. The number of hydrogen-bond donors (Lipinski definition) is 3. The van der Waals surface area contributed by atoms with Crippen LogP contribution < -0.4 is 10.6 Å². The molecule has 0 bridgehead atoms. The summed E-state index contributed by atoms with van der Waals surface area (Å²) in [7, 11) is 0. The number of benzene rings is 1. The van der Waals surface area contributed by atoms with Crippen molar-refractivity contribution < 1.29 is 9.90 Å². The van der Waals surface area contributed by atoms with Gasteiger partial charge in [0.25, 0.3) is 5.91 Å². The first-order chi connectivity index (χ1) is 11.5. The molecule has 126 valence electrons. The molecule has 1 aromatic heterocycles. The van der Waals surface area contributed by atoms with Crippen molar-refractivity contribution in [3.8, 4) is 11.4 Å². The molecule has 0 saturated carbocycles. The van der Waals surface area contributed by atoms with Crippen LogP contribution in [-0.2, 0) is 0 Å². The van der Waals surface area contributed by atoms with Crippen molar-refractivity contribution >= 4 is 5.91 Å². The summed E-state index contributed by atoms with van der Waals surface area (Å²) in [5.74, 6) is 0.467. The van der Waals surface area contributed by atoms with Crippen molar-refractivity contribution in [2.75, 3.05) is 19.6 Å². The fourth-order valence-electron chi connectivity index (χ4n) is 2.85. The number of carbonyl (C=O) groups is 1. The molecule has 0 spiro atoms. The molecule has 6 heteroatoms. The van der Waals surface area contributed by atoms with Crippen LogP contribution >= 0.6 is 0 Å². The van der Waals surface area contributed by atoms with Crippen LogP contribution in [0.15, 0.2) is 30.3 Å². The molecule has 0 aliphatic carbocycles. The van der Waals surface area contributed by atoms with Gasteiger partial charge in [0.2, 0.25) is 0 Å². The lowest BCUT2D eigenvalue weighted by molar-refractivity contribution is 0.0562. The quantitative estimate of drug-likeness (QED) is 0.786. The molecule has 1 amide bonds. The summed E-state index contributed by atoms with van der Waals surface area (Å²) in [4.78, 5) is 21.1. The number of aromatic nitrogens is 2. The van der Waals surface area contributed by atoms with Gasteiger partial charge in [-0.2, -0.15) is 0 Å². The van der Waals surface area contributed by atoms with Gasteiger partial charge >= 0.3 is 0 Å². The van der Waals surface area contributed by atoms with Crippen LogP contribution in [0.5, 0.6) is 0 Å². The van der Waals surface area contributed by atoms with Gasteiger partial charge in [-0.15, -0.1) is 0 Å². The third-order valence-corrected chi connectivity index (χ3v) is 4.19. The predicted molar refractivity (Wildman–Crippen MR) is 91.7 cm³/mol. The zero-order chi connectivity index (χ0) is 17.2. The summed E-state index contributed by atoms with van der Waals surface area (Å²) in [6.07, 6.45) is 0.649. The Morgan fingerprint density at radius 3 is 2.50 bits per heavy atom. The van der Waals surface area contributed by atoms with Crippen LogP contribution in [0.2, 0.25) is 0 Å². The summed E-state index contributed by atoms with van der Waals surface area (Å²) >= 11 is 0. The first-order valence-electron chi connectivity index (χ1n) is 8.09. The van der Waals surface area contributed by atoms with Gasteiger partial charge in [0.1, 0.15) is 0 Å². The van der Waals surface area contributed by atoms with E-state index in [-0.39, 0.29) is 12.5 Å². The fraction of sp³-hybridized carbons (Fsp3) is 0.389. The SMILES string of the molecule is Cc1cc(C)nc(-c2ccc(C(=O)NCC3(O)CCNC3)cc2)n1. The average molecular weight is 326 g/mol. The van der Waals surface area contributed by atoms with E-state index < -0.39 is 5.60 Å². The topological polar surface area (TPSA) is 87.1 Å². The van der Waals surface area contributed by atoms with Crippen molar-refractivity contribution in [2.45, 2.75) is 25.9 Å². The summed E-state index contributed by atoms with van der Waals surface area (Å²) in [5.41, 5.74) is 2.41. The van der Waals surface area contributed by atoms with Crippen LogP contribution in [0.3, 0.4) is 0 Å². The molecule has 1 fully saturated rings. The molecule has 2 heterocycles. The highest BCUT2D eigenvalue weighted by Gasteiger charge is 2.31. The van der Waals surface area contributed by atoms with Crippen LogP contribution in [0.4, 0.5) is 0 Å². The Morgan fingerprint density at radius 2 is 1.92 bits per heavy atom. The molecular weight excluding hydrogens is 304 g/mol. The first-order valence-corrected chi connectivity index (χ1v) is 8.09. The first kappa shape index (κ1) is 16.5. The van der Waals surface area contributed by atoms with E-state index in [9.17, 15) is 9.90 Å². The molecule has 3 N–H and O–H groups in total. The third kappa shape index (κ3) is 3.77. The normalized spacial score (nSPS) is 20.1. The molecule has 1 aliphatic heterocycles. The zero-order valence-corrected chi connectivity index (χ0v) is 14.0. The summed E-state index contributed by atoms with van der Waals surface area (Å²) in [5, 5.41) is 16.1. The van der Waals surface area contributed by atoms with Gasteiger partial charge < -0.3 is 15.7 Å². The van der Waals surface area contributed by atoms with Gasteiger partial charge in [-0.25, -0.2) is 9.97 Å². The molecule has 1 saturated heterocycles. The summed E-state index contributed by atoms with van der Waals surface area (Å²) in [6, 6.07) is 9.11. The molecule has 1 atom stereocenters. The molecule has 6 nitrogen and oxygen atoms in total. The Labute approximate surface area is 141 Å². The number of β-amino-alcohol motifs (C(OH)–C–C–N with tert-alkyl or cyclic N) is 1. The maximum Gasteiger partial charge on any atom is 0.251 e. The van der Waals surface area contributed by atoms with Crippen molar-refractivity contribution in [2.24, 2.45) is 0 Å². The third-order valence-electron chi connectivity index (χ3n) is 4.19. The molecular formula is C18H22N4O2. The highest BCUT2D eigenvalue weighted by molar-refractivity contribution is 5.94. The Bertz CT molecular complexity index is 717. The Kier molecular flexibility index (Phi) is 4.59. The number of aliphatic hydroxyl groups is 1. The highest BCUT2D eigenvalue weighted by Crippen LogP contribution is 2.17. The van der Waals surface area contributed by atoms with Crippen LogP contribution in [0.25, 0.3) is 11.4 Å². The lowest BCUT2D eigenvalue weighted by Crippen LogP contribution is -2.44. The average Bonchev–Trinajstić information content (AvgIpc) is 2.99. The second-order valence-electron chi connectivity index (χ2n) is 6.39. The lowest BCUT2D eigenvalue weighted by Gasteiger charge is -2.21. The Hall–Kier alpha value is -2.31. The molecule has 1 unspecified atom stereocenters. The minimum atomic E-state index is -0.845. The van der Waals surface area contributed by atoms with E-state index in [0.717, 1.165) is 23.5 Å². The number of amides is 1. The van der Waals surface area contributed by atoms with Gasteiger partial charge in [0.15, 0.2) is 5.82 Å². The van der Waals surface area contributed by atoms with E-state index in [1.807, 2.05) is 32.0 Å². The number of hydrogen-bond acceptors (Lipinski definition) is 5. The maximum absolute atomic E-state index is 12.2. The fourth-order valence-corrected chi connectivity index (χ4v) is 2.85. The van der Waals surface area contributed by atoms with E-state index in [4.69, 9.17) is 0 Å². The lowest BCUT2D eigenvalue weighted by atomic mass is 10.0. The highest BCUT2D eigenvalue weighted by atomic mass is 16.3. The standard InChI is InChI=1S/C18H22N4O2/c1-12-9-13(2)22-16(21-12)14-3-5-15(6-4-14)17(23)20-11-18(24)7-8-19-10-18/h3-6,9,19,24H,7-8,10-11H2,1-2H3,(H,20,23). The molecule has 1 aliphatic rings. The molecule has 0 radical (unpaired) electrons. The Balaban J connectivity index is 1.68. The van der Waals surface area contributed by atoms with Crippen molar-refractivity contribution in [1.29, 1.82) is 0 Å². The van der Waals surface area contributed by atoms with E-state index in [2.05, 4.69) is 20.6 Å². The van der Waals surface area contributed by atoms with Gasteiger partial charge in [0.05, 0.1) is 5.60 Å². The van der Waals surface area contributed by atoms with E-state index in [0.29, 0.717) is 24.4 Å². The minimum absolute atomic E-state index is 0.191. The minimum Gasteiger partial charge on any atom is -0.387 e. The van der Waals surface area contributed by atoms with Gasteiger partial charge in [-0.05, 0) is 45.0 Å². The van der Waals surface area contributed by atoms with Crippen molar-refractivity contribution in [3.63, 3.8) is 0 Å². The van der Waals surface area contributed by atoms with E-state index >= 15 is 0 Å². The summed E-state index contributed by atoms with van der Waals surface area (Å²) in [6.45, 7) is 5.40. The monoisotopic (exact) mass is 326 g/mol. The Morgan fingerprint density at radius 1 is 1.25 bits per heavy atom. The number of aryl methyl sites for hydroxylation is 2. The number of nitrogens with zero attached hydrogens (tertiary/aromatic N) is 2. The largest absolute Gasteiger partial charge is 0.387 e.